The molecule has 86 valence electrons. The van der Waals surface area contributed by atoms with Crippen LogP contribution >= 0.6 is 31.9 Å². The Morgan fingerprint density at radius 3 is 2.69 bits per heavy atom. The average molecular weight is 349 g/mol. The van der Waals surface area contributed by atoms with Crippen molar-refractivity contribution in [2.45, 2.75) is 20.3 Å². The number of nitrogens with zero attached hydrogens (tertiary/aromatic N) is 2. The van der Waals surface area contributed by atoms with Crippen LogP contribution in [0.3, 0.4) is 0 Å². The molecule has 4 nitrogen and oxygen atoms in total. The third kappa shape index (κ3) is 2.43. The maximum Gasteiger partial charge on any atom is 0.229 e. The second-order valence-electron chi connectivity index (χ2n) is 4.57. The minimum absolute atomic E-state index is 0.0160. The lowest BCUT2D eigenvalue weighted by atomic mass is 10.1. The van der Waals surface area contributed by atoms with Gasteiger partial charge >= 0.3 is 0 Å². The van der Waals surface area contributed by atoms with Gasteiger partial charge in [-0.2, -0.15) is 0 Å². The third-order valence-electron chi connectivity index (χ3n) is 2.77. The summed E-state index contributed by atoms with van der Waals surface area (Å²) in [6, 6.07) is 0. The fourth-order valence-electron chi connectivity index (χ4n) is 1.55. The number of amides is 1. The summed E-state index contributed by atoms with van der Waals surface area (Å²) in [5, 5.41) is 2.77. The number of carbonyl (C=O) groups excluding carboxylic acids is 1. The molecule has 1 aromatic rings. The van der Waals surface area contributed by atoms with Crippen molar-refractivity contribution >= 4 is 43.6 Å². The first-order valence-electron chi connectivity index (χ1n) is 4.89. The van der Waals surface area contributed by atoms with Crippen molar-refractivity contribution in [3.63, 3.8) is 0 Å². The Labute approximate surface area is 111 Å². The van der Waals surface area contributed by atoms with Gasteiger partial charge in [0.25, 0.3) is 0 Å². The minimum Gasteiger partial charge on any atom is -0.308 e. The molecule has 1 aliphatic rings. The number of halogens is 2. The van der Waals surface area contributed by atoms with Crippen LogP contribution in [0, 0.1) is 11.3 Å². The molecule has 0 aromatic carbocycles. The lowest BCUT2D eigenvalue weighted by molar-refractivity contribution is -0.118. The Bertz CT molecular complexity index is 448. The van der Waals surface area contributed by atoms with Crippen molar-refractivity contribution in [1.82, 2.24) is 9.97 Å². The zero-order valence-corrected chi connectivity index (χ0v) is 12.1. The second kappa shape index (κ2) is 4.07. The molecule has 1 unspecified atom stereocenters. The van der Waals surface area contributed by atoms with E-state index in [4.69, 9.17) is 0 Å². The van der Waals surface area contributed by atoms with Gasteiger partial charge < -0.3 is 5.32 Å². The molecule has 1 amide bonds. The first-order chi connectivity index (χ1) is 7.40. The highest BCUT2D eigenvalue weighted by Gasteiger charge is 2.50. The molecule has 1 N–H and O–H groups in total. The molecule has 1 heterocycles. The Morgan fingerprint density at radius 2 is 2.19 bits per heavy atom. The average Bonchev–Trinajstić information content (AvgIpc) is 2.80. The Hall–Kier alpha value is -0.490. The molecule has 1 aromatic heterocycles. The Balaban J connectivity index is 2.07. The molecular weight excluding hydrogens is 338 g/mol. The molecule has 1 aliphatic carbocycles. The molecule has 1 fully saturated rings. The van der Waals surface area contributed by atoms with Gasteiger partial charge in [0.1, 0.15) is 9.21 Å². The van der Waals surface area contributed by atoms with Crippen LogP contribution in [0.1, 0.15) is 20.3 Å². The first-order valence-corrected chi connectivity index (χ1v) is 6.47. The maximum atomic E-state index is 11.8. The molecule has 1 atom stereocenters. The standard InChI is InChI=1S/C10H11Br2N3O/c1-10(2)3-5(10)9(16)15-8-7(12)14-6(11)4-13-8/h4-5H,3H2,1-2H3,(H,13,15,16). The summed E-state index contributed by atoms with van der Waals surface area (Å²) >= 11 is 6.46. The van der Waals surface area contributed by atoms with Gasteiger partial charge in [-0.15, -0.1) is 0 Å². The Morgan fingerprint density at radius 1 is 1.56 bits per heavy atom. The van der Waals surface area contributed by atoms with E-state index in [-0.39, 0.29) is 17.2 Å². The fraction of sp³-hybridized carbons (Fsp3) is 0.500. The van der Waals surface area contributed by atoms with Gasteiger partial charge in [-0.05, 0) is 43.7 Å². The van der Waals surface area contributed by atoms with Gasteiger partial charge in [0.2, 0.25) is 5.91 Å². The summed E-state index contributed by atoms with van der Waals surface area (Å²) in [5.41, 5.74) is 0.124. The van der Waals surface area contributed by atoms with Crippen molar-refractivity contribution in [2.75, 3.05) is 5.32 Å². The molecular formula is C10H11Br2N3O. The van der Waals surface area contributed by atoms with E-state index in [1.165, 1.54) is 0 Å². The molecule has 0 saturated heterocycles. The summed E-state index contributed by atoms with van der Waals surface area (Å²) in [5.74, 6) is 0.572. The number of nitrogens with one attached hydrogen (secondary N) is 1. The predicted molar refractivity (Wildman–Crippen MR) is 67.9 cm³/mol. The molecule has 0 aliphatic heterocycles. The summed E-state index contributed by atoms with van der Waals surface area (Å²) in [6.45, 7) is 4.17. The van der Waals surface area contributed by atoms with Crippen molar-refractivity contribution < 1.29 is 4.79 Å². The SMILES string of the molecule is CC1(C)CC1C(=O)Nc1ncc(Br)nc1Br. The highest BCUT2D eigenvalue weighted by atomic mass is 79.9. The van der Waals surface area contributed by atoms with Crippen LogP contribution in [0.5, 0.6) is 0 Å². The van der Waals surface area contributed by atoms with E-state index >= 15 is 0 Å². The molecule has 0 spiro atoms. The number of anilines is 1. The largest absolute Gasteiger partial charge is 0.308 e. The second-order valence-corrected chi connectivity index (χ2v) is 6.13. The minimum atomic E-state index is 0.0160. The highest BCUT2D eigenvalue weighted by Crippen LogP contribution is 2.52. The molecule has 6 heteroatoms. The predicted octanol–water partition coefficient (Wildman–Crippen LogP) is 2.99. The lowest BCUT2D eigenvalue weighted by Gasteiger charge is -2.06. The molecule has 2 rings (SSSR count). The molecule has 0 radical (unpaired) electrons. The van der Waals surface area contributed by atoms with E-state index in [0.29, 0.717) is 15.0 Å². The van der Waals surface area contributed by atoms with Gasteiger partial charge in [0.15, 0.2) is 5.82 Å². The molecule has 1 saturated carbocycles. The van der Waals surface area contributed by atoms with E-state index in [2.05, 4.69) is 61.0 Å². The van der Waals surface area contributed by atoms with Crippen molar-refractivity contribution in [3.05, 3.63) is 15.4 Å². The van der Waals surface area contributed by atoms with Gasteiger partial charge in [0.05, 0.1) is 6.20 Å². The lowest BCUT2D eigenvalue weighted by Crippen LogP contribution is -2.17. The van der Waals surface area contributed by atoms with Crippen LogP contribution in [-0.4, -0.2) is 15.9 Å². The van der Waals surface area contributed by atoms with Crippen molar-refractivity contribution in [2.24, 2.45) is 11.3 Å². The zero-order valence-electron chi connectivity index (χ0n) is 8.92. The monoisotopic (exact) mass is 347 g/mol. The zero-order chi connectivity index (χ0) is 11.9. The summed E-state index contributed by atoms with van der Waals surface area (Å²) in [4.78, 5) is 20.0. The Kier molecular flexibility index (Phi) is 3.05. The summed E-state index contributed by atoms with van der Waals surface area (Å²) in [7, 11) is 0. The normalized spacial score (nSPS) is 21.6. The summed E-state index contributed by atoms with van der Waals surface area (Å²) in [6.07, 6.45) is 2.48. The van der Waals surface area contributed by atoms with Crippen molar-refractivity contribution in [3.8, 4) is 0 Å². The van der Waals surface area contributed by atoms with Gasteiger partial charge in [-0.25, -0.2) is 9.97 Å². The van der Waals surface area contributed by atoms with E-state index < -0.39 is 0 Å². The van der Waals surface area contributed by atoms with E-state index in [9.17, 15) is 4.79 Å². The van der Waals surface area contributed by atoms with E-state index in [1.807, 2.05) is 0 Å². The maximum absolute atomic E-state index is 11.8. The van der Waals surface area contributed by atoms with Crippen LogP contribution in [0.15, 0.2) is 15.4 Å². The van der Waals surface area contributed by atoms with Gasteiger partial charge in [-0.3, -0.25) is 4.79 Å². The van der Waals surface area contributed by atoms with Crippen LogP contribution in [0.25, 0.3) is 0 Å². The third-order valence-corrected chi connectivity index (χ3v) is 3.71. The topological polar surface area (TPSA) is 54.9 Å². The number of aromatic nitrogens is 2. The van der Waals surface area contributed by atoms with E-state index in [0.717, 1.165) is 6.42 Å². The van der Waals surface area contributed by atoms with Crippen LogP contribution in [-0.2, 0) is 4.79 Å². The smallest absolute Gasteiger partial charge is 0.229 e. The molecule has 0 bridgehead atoms. The van der Waals surface area contributed by atoms with E-state index in [1.54, 1.807) is 6.20 Å². The van der Waals surface area contributed by atoms with Gasteiger partial charge in [0, 0.05) is 5.92 Å². The first kappa shape index (κ1) is 12.0. The number of rotatable bonds is 2. The number of hydrogen-bond donors (Lipinski definition) is 1. The quantitative estimate of drug-likeness (QED) is 0.893. The van der Waals surface area contributed by atoms with Gasteiger partial charge in [-0.1, -0.05) is 13.8 Å². The van der Waals surface area contributed by atoms with Crippen LogP contribution in [0.2, 0.25) is 0 Å². The van der Waals surface area contributed by atoms with Crippen LogP contribution < -0.4 is 5.32 Å². The summed E-state index contributed by atoms with van der Waals surface area (Å²) < 4.78 is 1.16. The molecule has 16 heavy (non-hydrogen) atoms. The fourth-order valence-corrected chi connectivity index (χ4v) is 2.46. The number of carbonyl (C=O) groups is 1. The number of hydrogen-bond acceptors (Lipinski definition) is 3. The highest BCUT2D eigenvalue weighted by molar-refractivity contribution is 9.11. The van der Waals surface area contributed by atoms with Crippen LogP contribution in [0.4, 0.5) is 5.82 Å². The van der Waals surface area contributed by atoms with Crippen molar-refractivity contribution in [1.29, 1.82) is 0 Å².